The van der Waals surface area contributed by atoms with Crippen LogP contribution in [-0.4, -0.2) is 41.6 Å². The minimum Gasteiger partial charge on any atom is -0.381 e. The van der Waals surface area contributed by atoms with E-state index in [1.165, 1.54) is 0 Å². The van der Waals surface area contributed by atoms with Crippen LogP contribution in [0.3, 0.4) is 0 Å². The van der Waals surface area contributed by atoms with Crippen LogP contribution >= 0.6 is 11.6 Å². The van der Waals surface area contributed by atoms with Crippen molar-refractivity contribution in [2.24, 2.45) is 17.6 Å². The third-order valence-corrected chi connectivity index (χ3v) is 6.43. The molecule has 2 fully saturated rings. The van der Waals surface area contributed by atoms with E-state index in [4.69, 9.17) is 27.1 Å². The number of aromatic nitrogens is 2. The lowest BCUT2D eigenvalue weighted by Gasteiger charge is -2.22. The lowest BCUT2D eigenvalue weighted by molar-refractivity contribution is -0.122. The highest BCUT2D eigenvalue weighted by molar-refractivity contribution is 6.33. The Hall–Kier alpha value is -2.02. The minimum absolute atomic E-state index is 0.0526. The number of rotatable bonds is 7. The number of pyridine rings is 2. The van der Waals surface area contributed by atoms with Crippen molar-refractivity contribution >= 4 is 23.2 Å². The number of hydrogen-bond donors (Lipinski definition) is 2. The fourth-order valence-electron chi connectivity index (χ4n) is 4.29. The highest BCUT2D eigenvalue weighted by Crippen LogP contribution is 2.29. The average molecular weight is 429 g/mol. The molecule has 0 aromatic carbocycles. The zero-order valence-corrected chi connectivity index (χ0v) is 17.9. The van der Waals surface area contributed by atoms with E-state index in [1.807, 2.05) is 24.3 Å². The van der Waals surface area contributed by atoms with Crippen molar-refractivity contribution in [1.29, 1.82) is 0 Å². The SMILES string of the molecule is N[C@@H]1CC[C@H](C(=O)Cc2cc(-c3cccc(NCC4CCOCC4)n3)c(Cl)cn2)C1. The molecule has 160 valence electrons. The Kier molecular flexibility index (Phi) is 6.97. The molecule has 0 amide bonds. The number of nitrogens with two attached hydrogens (primary N) is 1. The van der Waals surface area contributed by atoms with E-state index in [0.717, 1.165) is 74.6 Å². The summed E-state index contributed by atoms with van der Waals surface area (Å²) in [5.41, 5.74) is 8.25. The van der Waals surface area contributed by atoms with Crippen molar-refractivity contribution in [1.82, 2.24) is 9.97 Å². The average Bonchev–Trinajstić information content (AvgIpc) is 3.21. The molecule has 7 heteroatoms. The predicted molar refractivity (Wildman–Crippen MR) is 119 cm³/mol. The summed E-state index contributed by atoms with van der Waals surface area (Å²) < 4.78 is 5.42. The molecule has 2 aromatic heterocycles. The van der Waals surface area contributed by atoms with Crippen LogP contribution in [0.25, 0.3) is 11.3 Å². The van der Waals surface area contributed by atoms with Gasteiger partial charge in [-0.1, -0.05) is 17.7 Å². The number of carbonyl (C=O) groups excluding carboxylic acids is 1. The lowest BCUT2D eigenvalue weighted by atomic mass is 9.97. The van der Waals surface area contributed by atoms with Crippen molar-refractivity contribution in [2.75, 3.05) is 25.1 Å². The smallest absolute Gasteiger partial charge is 0.141 e. The molecule has 6 nitrogen and oxygen atoms in total. The van der Waals surface area contributed by atoms with Crippen LogP contribution in [0.4, 0.5) is 5.82 Å². The maximum atomic E-state index is 12.6. The van der Waals surface area contributed by atoms with Crippen molar-refractivity contribution in [3.8, 4) is 11.3 Å². The lowest BCUT2D eigenvalue weighted by Crippen LogP contribution is -2.22. The van der Waals surface area contributed by atoms with E-state index in [0.29, 0.717) is 17.4 Å². The van der Waals surface area contributed by atoms with Crippen LogP contribution in [0.5, 0.6) is 0 Å². The number of anilines is 1. The highest BCUT2D eigenvalue weighted by atomic mass is 35.5. The van der Waals surface area contributed by atoms with Gasteiger partial charge in [0.2, 0.25) is 0 Å². The molecule has 2 aliphatic rings. The standard InChI is InChI=1S/C23H29ClN4O2/c24-20-14-26-18(12-22(29)16-4-5-17(25)10-16)11-19(20)21-2-1-3-23(28-21)27-13-15-6-8-30-9-7-15/h1-3,11,14-17H,4-10,12-13,25H2,(H,27,28)/t16-,17+/m0/s1. The van der Waals surface area contributed by atoms with Crippen LogP contribution in [0.15, 0.2) is 30.5 Å². The third-order valence-electron chi connectivity index (χ3n) is 6.13. The van der Waals surface area contributed by atoms with E-state index < -0.39 is 0 Å². The van der Waals surface area contributed by atoms with Gasteiger partial charge in [-0.05, 0) is 56.2 Å². The first-order chi connectivity index (χ1) is 14.6. The maximum absolute atomic E-state index is 12.6. The fraction of sp³-hybridized carbons (Fsp3) is 0.522. The molecular formula is C23H29ClN4O2. The van der Waals surface area contributed by atoms with Crippen LogP contribution < -0.4 is 11.1 Å². The normalized spacial score (nSPS) is 22.2. The summed E-state index contributed by atoms with van der Waals surface area (Å²) >= 11 is 6.43. The number of nitrogens with one attached hydrogen (secondary N) is 1. The summed E-state index contributed by atoms with van der Waals surface area (Å²) in [7, 11) is 0. The van der Waals surface area contributed by atoms with E-state index in [9.17, 15) is 4.79 Å². The van der Waals surface area contributed by atoms with Gasteiger partial charge in [-0.15, -0.1) is 0 Å². The first kappa shape index (κ1) is 21.2. The second-order valence-corrected chi connectivity index (χ2v) is 8.82. The first-order valence-electron chi connectivity index (χ1n) is 10.8. The van der Waals surface area contributed by atoms with E-state index in [-0.39, 0.29) is 17.7 Å². The number of carbonyl (C=O) groups is 1. The summed E-state index contributed by atoms with van der Waals surface area (Å²) in [6.07, 6.45) is 6.66. The van der Waals surface area contributed by atoms with E-state index in [2.05, 4.69) is 10.3 Å². The van der Waals surface area contributed by atoms with Crippen molar-refractivity contribution in [3.05, 3.63) is 41.2 Å². The molecule has 1 saturated heterocycles. The Morgan fingerprint density at radius 2 is 2.07 bits per heavy atom. The Labute approximate surface area is 182 Å². The van der Waals surface area contributed by atoms with Gasteiger partial charge < -0.3 is 15.8 Å². The van der Waals surface area contributed by atoms with E-state index >= 15 is 0 Å². The quantitative estimate of drug-likeness (QED) is 0.695. The Morgan fingerprint density at radius 1 is 1.23 bits per heavy atom. The fourth-order valence-corrected chi connectivity index (χ4v) is 4.49. The Bertz CT molecular complexity index is 885. The predicted octanol–water partition coefficient (Wildman–Crippen LogP) is 3.87. The number of hydrogen-bond acceptors (Lipinski definition) is 6. The van der Waals surface area contributed by atoms with Crippen molar-refractivity contribution < 1.29 is 9.53 Å². The third kappa shape index (κ3) is 5.36. The van der Waals surface area contributed by atoms with Crippen LogP contribution in [0.2, 0.25) is 5.02 Å². The number of nitrogens with zero attached hydrogens (tertiary/aromatic N) is 2. The largest absolute Gasteiger partial charge is 0.381 e. The van der Waals surface area contributed by atoms with Gasteiger partial charge >= 0.3 is 0 Å². The minimum atomic E-state index is 0.0526. The van der Waals surface area contributed by atoms with Crippen molar-refractivity contribution in [2.45, 2.75) is 44.6 Å². The molecule has 0 unspecified atom stereocenters. The van der Waals surface area contributed by atoms with Gasteiger partial charge in [0.05, 0.1) is 10.7 Å². The monoisotopic (exact) mass is 428 g/mol. The van der Waals surface area contributed by atoms with Gasteiger partial charge in [0.1, 0.15) is 11.6 Å². The van der Waals surface area contributed by atoms with E-state index in [1.54, 1.807) is 6.20 Å². The second kappa shape index (κ2) is 9.86. The molecule has 30 heavy (non-hydrogen) atoms. The number of halogens is 1. The molecule has 1 saturated carbocycles. The van der Waals surface area contributed by atoms with Gasteiger partial charge in [-0.2, -0.15) is 0 Å². The highest BCUT2D eigenvalue weighted by Gasteiger charge is 2.28. The molecular weight excluding hydrogens is 400 g/mol. The topological polar surface area (TPSA) is 90.1 Å². The molecule has 1 aliphatic carbocycles. The molecule has 0 radical (unpaired) electrons. The van der Waals surface area contributed by atoms with Crippen LogP contribution in [-0.2, 0) is 16.0 Å². The Balaban J connectivity index is 1.45. The second-order valence-electron chi connectivity index (χ2n) is 8.41. The van der Waals surface area contributed by atoms with Gasteiger partial charge in [-0.25, -0.2) is 4.98 Å². The molecule has 0 bridgehead atoms. The van der Waals surface area contributed by atoms with Crippen molar-refractivity contribution in [3.63, 3.8) is 0 Å². The summed E-state index contributed by atoms with van der Waals surface area (Å²) in [6.45, 7) is 2.55. The van der Waals surface area contributed by atoms with Gasteiger partial charge in [-0.3, -0.25) is 9.78 Å². The molecule has 2 atom stereocenters. The number of ether oxygens (including phenoxy) is 1. The summed E-state index contributed by atoms with van der Waals surface area (Å²) in [4.78, 5) is 21.7. The van der Waals surface area contributed by atoms with Gasteiger partial charge in [0.15, 0.2) is 0 Å². The number of Topliss-reactive ketones (excluding diaryl/α,β-unsaturated/α-hetero) is 1. The van der Waals surface area contributed by atoms with Gasteiger partial charge in [0.25, 0.3) is 0 Å². The van der Waals surface area contributed by atoms with Crippen LogP contribution in [0, 0.1) is 11.8 Å². The zero-order valence-electron chi connectivity index (χ0n) is 17.1. The summed E-state index contributed by atoms with van der Waals surface area (Å²) in [5, 5.41) is 3.97. The Morgan fingerprint density at radius 3 is 2.83 bits per heavy atom. The molecule has 0 spiro atoms. The zero-order chi connectivity index (χ0) is 20.9. The molecule has 2 aromatic rings. The van der Waals surface area contributed by atoms with Crippen LogP contribution in [0.1, 0.15) is 37.8 Å². The first-order valence-corrected chi connectivity index (χ1v) is 11.2. The molecule has 3 N–H and O–H groups in total. The van der Waals surface area contributed by atoms with Gasteiger partial charge in [0, 0.05) is 55.6 Å². The molecule has 3 heterocycles. The summed E-state index contributed by atoms with van der Waals surface area (Å²) in [6, 6.07) is 7.90. The summed E-state index contributed by atoms with van der Waals surface area (Å²) in [5.74, 6) is 1.69. The molecule has 1 aliphatic heterocycles. The maximum Gasteiger partial charge on any atom is 0.141 e. The molecule has 4 rings (SSSR count). The number of ketones is 1.